The van der Waals surface area contributed by atoms with Gasteiger partial charge in [0, 0.05) is 26.2 Å². The number of halogens is 1. The second kappa shape index (κ2) is 6.43. The van der Waals surface area contributed by atoms with Crippen LogP contribution in [0.4, 0.5) is 0 Å². The van der Waals surface area contributed by atoms with Crippen molar-refractivity contribution in [3.8, 4) is 0 Å². The molecule has 0 atom stereocenters. The van der Waals surface area contributed by atoms with Crippen LogP contribution in [0.3, 0.4) is 0 Å². The van der Waals surface area contributed by atoms with Crippen molar-refractivity contribution in [1.82, 2.24) is 19.4 Å². The molecule has 1 aliphatic heterocycles. The van der Waals surface area contributed by atoms with Crippen molar-refractivity contribution in [1.29, 1.82) is 0 Å². The van der Waals surface area contributed by atoms with E-state index in [0.717, 1.165) is 26.1 Å². The first kappa shape index (κ1) is 15.8. The monoisotopic (exact) mass is 320 g/mol. The predicted octanol–water partition coefficient (Wildman–Crippen LogP) is 1.17. The van der Waals surface area contributed by atoms with Crippen LogP contribution in [0.25, 0.3) is 0 Å². The largest absolute Gasteiger partial charge is 0.301 e. The summed E-state index contributed by atoms with van der Waals surface area (Å²) in [5.74, 6) is 0.0920. The fraction of sp³-hybridized carbons (Fsp3) is 0.750. The van der Waals surface area contributed by atoms with Crippen molar-refractivity contribution in [3.63, 3.8) is 0 Å². The van der Waals surface area contributed by atoms with Gasteiger partial charge in [-0.2, -0.15) is 9.40 Å². The maximum Gasteiger partial charge on any atom is 0.246 e. The minimum Gasteiger partial charge on any atom is -0.301 e. The van der Waals surface area contributed by atoms with Crippen molar-refractivity contribution in [3.05, 3.63) is 11.4 Å². The van der Waals surface area contributed by atoms with Gasteiger partial charge < -0.3 is 4.90 Å². The highest BCUT2D eigenvalue weighted by molar-refractivity contribution is 7.89. The SMILES string of the molecule is CCCN1CCN(S(=O)(=O)c2c(CCl)n[nH]c2C)CC1. The van der Waals surface area contributed by atoms with Crippen LogP contribution in [0.15, 0.2) is 4.90 Å². The number of hydrogen-bond donors (Lipinski definition) is 1. The summed E-state index contributed by atoms with van der Waals surface area (Å²) in [6, 6.07) is 0. The van der Waals surface area contributed by atoms with Crippen LogP contribution in [0.5, 0.6) is 0 Å². The predicted molar refractivity (Wildman–Crippen MR) is 78.4 cm³/mol. The molecule has 20 heavy (non-hydrogen) atoms. The van der Waals surface area contributed by atoms with Gasteiger partial charge in [0.1, 0.15) is 4.90 Å². The van der Waals surface area contributed by atoms with Gasteiger partial charge in [0.2, 0.25) is 10.0 Å². The molecule has 0 unspecified atom stereocenters. The number of alkyl halides is 1. The van der Waals surface area contributed by atoms with Gasteiger partial charge in [0.15, 0.2) is 0 Å². The van der Waals surface area contributed by atoms with E-state index in [9.17, 15) is 8.42 Å². The van der Waals surface area contributed by atoms with Gasteiger partial charge in [0.05, 0.1) is 17.3 Å². The Hall–Kier alpha value is -0.630. The van der Waals surface area contributed by atoms with E-state index in [1.807, 2.05) is 0 Å². The van der Waals surface area contributed by atoms with Gasteiger partial charge in [-0.25, -0.2) is 8.42 Å². The van der Waals surface area contributed by atoms with Crippen molar-refractivity contribution >= 4 is 21.6 Å². The van der Waals surface area contributed by atoms with E-state index in [1.165, 1.54) is 4.31 Å². The van der Waals surface area contributed by atoms with Gasteiger partial charge in [-0.05, 0) is 19.9 Å². The number of sulfonamides is 1. The Kier molecular flexibility index (Phi) is 5.06. The Labute approximate surface area is 125 Å². The number of aromatic amines is 1. The molecule has 0 aromatic carbocycles. The van der Waals surface area contributed by atoms with Crippen molar-refractivity contribution < 1.29 is 8.42 Å². The lowest BCUT2D eigenvalue weighted by Crippen LogP contribution is -2.48. The molecule has 1 aliphatic rings. The van der Waals surface area contributed by atoms with Crippen LogP contribution in [-0.4, -0.2) is 60.5 Å². The maximum absolute atomic E-state index is 12.7. The Bertz CT molecular complexity index is 550. The molecular formula is C12H21ClN4O2S. The van der Waals surface area contributed by atoms with Gasteiger partial charge in [-0.15, -0.1) is 11.6 Å². The van der Waals surface area contributed by atoms with Crippen LogP contribution in [-0.2, 0) is 15.9 Å². The molecule has 0 radical (unpaired) electrons. The third-order valence-electron chi connectivity index (χ3n) is 3.56. The lowest BCUT2D eigenvalue weighted by atomic mass is 10.3. The third-order valence-corrected chi connectivity index (χ3v) is 5.91. The summed E-state index contributed by atoms with van der Waals surface area (Å²) >= 11 is 5.78. The Balaban J connectivity index is 2.18. The van der Waals surface area contributed by atoms with Gasteiger partial charge >= 0.3 is 0 Å². The zero-order valence-electron chi connectivity index (χ0n) is 11.9. The molecule has 0 saturated carbocycles. The van der Waals surface area contributed by atoms with Crippen LogP contribution < -0.4 is 0 Å². The Morgan fingerprint density at radius 1 is 1.30 bits per heavy atom. The number of nitrogens with one attached hydrogen (secondary N) is 1. The van der Waals surface area contributed by atoms with Crippen molar-refractivity contribution in [2.24, 2.45) is 0 Å². The second-order valence-corrected chi connectivity index (χ2v) is 7.15. The molecule has 0 spiro atoms. The molecule has 0 aliphatic carbocycles. The minimum atomic E-state index is -3.50. The summed E-state index contributed by atoms with van der Waals surface area (Å²) in [7, 11) is -3.50. The van der Waals surface area contributed by atoms with E-state index >= 15 is 0 Å². The summed E-state index contributed by atoms with van der Waals surface area (Å²) < 4.78 is 26.9. The second-order valence-electron chi connectivity index (χ2n) is 5.00. The first-order valence-corrected chi connectivity index (χ1v) is 8.80. The summed E-state index contributed by atoms with van der Waals surface area (Å²) in [6.07, 6.45) is 1.09. The highest BCUT2D eigenvalue weighted by Gasteiger charge is 2.32. The molecule has 6 nitrogen and oxygen atoms in total. The van der Waals surface area contributed by atoms with Crippen molar-refractivity contribution in [2.75, 3.05) is 32.7 Å². The number of hydrogen-bond acceptors (Lipinski definition) is 4. The molecule has 1 N–H and O–H groups in total. The van der Waals surface area contributed by atoms with E-state index in [0.29, 0.717) is 24.5 Å². The van der Waals surface area contributed by atoms with E-state index < -0.39 is 10.0 Å². The van der Waals surface area contributed by atoms with E-state index in [1.54, 1.807) is 6.92 Å². The van der Waals surface area contributed by atoms with E-state index in [-0.39, 0.29) is 10.8 Å². The van der Waals surface area contributed by atoms with Crippen LogP contribution >= 0.6 is 11.6 Å². The smallest absolute Gasteiger partial charge is 0.246 e. The van der Waals surface area contributed by atoms with Crippen molar-refractivity contribution in [2.45, 2.75) is 31.0 Å². The van der Waals surface area contributed by atoms with Gasteiger partial charge in [-0.3, -0.25) is 5.10 Å². The number of nitrogens with zero attached hydrogens (tertiary/aromatic N) is 3. The zero-order chi connectivity index (χ0) is 14.8. The lowest BCUT2D eigenvalue weighted by molar-refractivity contribution is 0.188. The van der Waals surface area contributed by atoms with Crippen LogP contribution in [0.1, 0.15) is 24.7 Å². The molecule has 0 bridgehead atoms. The molecule has 0 amide bonds. The van der Waals surface area contributed by atoms with Gasteiger partial charge in [0.25, 0.3) is 0 Å². The molecule has 114 valence electrons. The normalized spacial score (nSPS) is 18.6. The maximum atomic E-state index is 12.7. The van der Waals surface area contributed by atoms with Gasteiger partial charge in [-0.1, -0.05) is 6.92 Å². The quantitative estimate of drug-likeness (QED) is 0.827. The number of rotatable bonds is 5. The summed E-state index contributed by atoms with van der Waals surface area (Å²) in [6.45, 7) is 7.46. The van der Waals surface area contributed by atoms with Crippen LogP contribution in [0, 0.1) is 6.92 Å². The Morgan fingerprint density at radius 2 is 1.95 bits per heavy atom. The first-order valence-electron chi connectivity index (χ1n) is 6.83. The fourth-order valence-electron chi connectivity index (χ4n) is 2.54. The standard InChI is InChI=1S/C12H21ClN4O2S/c1-3-4-16-5-7-17(8-6-16)20(18,19)12-10(2)14-15-11(12)9-13/h3-9H2,1-2H3,(H,14,15). The lowest BCUT2D eigenvalue weighted by Gasteiger charge is -2.33. The summed E-state index contributed by atoms with van der Waals surface area (Å²) in [5.41, 5.74) is 0.955. The topological polar surface area (TPSA) is 69.3 Å². The highest BCUT2D eigenvalue weighted by Crippen LogP contribution is 2.24. The van der Waals surface area contributed by atoms with E-state index in [2.05, 4.69) is 22.0 Å². The van der Waals surface area contributed by atoms with Crippen LogP contribution in [0.2, 0.25) is 0 Å². The fourth-order valence-corrected chi connectivity index (χ4v) is 4.56. The molecule has 2 rings (SSSR count). The highest BCUT2D eigenvalue weighted by atomic mass is 35.5. The number of aromatic nitrogens is 2. The summed E-state index contributed by atoms with van der Waals surface area (Å²) in [4.78, 5) is 2.54. The molecular weight excluding hydrogens is 300 g/mol. The summed E-state index contributed by atoms with van der Waals surface area (Å²) in [5, 5.41) is 6.68. The molecule has 1 aromatic rings. The molecule has 1 saturated heterocycles. The molecule has 2 heterocycles. The molecule has 1 aromatic heterocycles. The third kappa shape index (κ3) is 3.00. The van der Waals surface area contributed by atoms with E-state index in [4.69, 9.17) is 11.6 Å². The zero-order valence-corrected chi connectivity index (χ0v) is 13.5. The average molecular weight is 321 g/mol. The molecule has 8 heteroatoms. The minimum absolute atomic E-state index is 0.0920. The average Bonchev–Trinajstić information content (AvgIpc) is 2.81. The Morgan fingerprint density at radius 3 is 2.50 bits per heavy atom. The number of piperazine rings is 1. The molecule has 1 fully saturated rings. The first-order chi connectivity index (χ1) is 9.50. The number of aryl methyl sites for hydroxylation is 1. The number of H-pyrrole nitrogens is 1.